The SMILES string of the molecule is CC(S)C(=O)N1CCC2CCCCC2C1. The maximum atomic E-state index is 11.8. The van der Waals surface area contributed by atoms with E-state index in [4.69, 9.17) is 0 Å². The molecule has 2 fully saturated rings. The third-order valence-corrected chi connectivity index (χ3v) is 4.18. The lowest BCUT2D eigenvalue weighted by Crippen LogP contribution is -2.46. The molecule has 0 spiro atoms. The van der Waals surface area contributed by atoms with Gasteiger partial charge in [-0.05, 0) is 31.6 Å². The Balaban J connectivity index is 1.93. The van der Waals surface area contributed by atoms with Crippen LogP contribution in [-0.2, 0) is 4.79 Å². The quantitative estimate of drug-likeness (QED) is 0.682. The number of likely N-dealkylation sites (tertiary alicyclic amines) is 1. The molecule has 1 saturated carbocycles. The zero-order valence-corrected chi connectivity index (χ0v) is 10.4. The van der Waals surface area contributed by atoms with Gasteiger partial charge in [-0.25, -0.2) is 0 Å². The van der Waals surface area contributed by atoms with Gasteiger partial charge in [-0.1, -0.05) is 19.3 Å². The maximum absolute atomic E-state index is 11.8. The van der Waals surface area contributed by atoms with Crippen molar-refractivity contribution in [2.75, 3.05) is 13.1 Å². The van der Waals surface area contributed by atoms with Gasteiger partial charge in [0.05, 0.1) is 5.25 Å². The van der Waals surface area contributed by atoms with Crippen molar-refractivity contribution in [2.24, 2.45) is 11.8 Å². The van der Waals surface area contributed by atoms with E-state index in [-0.39, 0.29) is 11.2 Å². The highest BCUT2D eigenvalue weighted by atomic mass is 32.1. The number of rotatable bonds is 1. The largest absolute Gasteiger partial charge is 0.341 e. The van der Waals surface area contributed by atoms with E-state index in [1.54, 1.807) is 0 Å². The molecule has 1 aliphatic carbocycles. The lowest BCUT2D eigenvalue weighted by atomic mass is 9.75. The summed E-state index contributed by atoms with van der Waals surface area (Å²) < 4.78 is 0. The summed E-state index contributed by atoms with van der Waals surface area (Å²) in [5.41, 5.74) is 0. The molecule has 0 aromatic rings. The molecule has 0 bridgehead atoms. The molecule has 86 valence electrons. The number of hydrogen-bond donors (Lipinski definition) is 1. The van der Waals surface area contributed by atoms with Crippen LogP contribution in [0.1, 0.15) is 39.0 Å². The summed E-state index contributed by atoms with van der Waals surface area (Å²) in [6.45, 7) is 3.83. The number of carbonyl (C=O) groups is 1. The smallest absolute Gasteiger partial charge is 0.235 e. The van der Waals surface area contributed by atoms with E-state index in [9.17, 15) is 4.79 Å². The first-order valence-electron chi connectivity index (χ1n) is 6.15. The molecule has 0 radical (unpaired) electrons. The molecule has 1 amide bonds. The molecular formula is C12H21NOS. The number of piperidine rings is 1. The summed E-state index contributed by atoms with van der Waals surface area (Å²) in [5.74, 6) is 1.91. The summed E-state index contributed by atoms with van der Waals surface area (Å²) in [4.78, 5) is 13.9. The van der Waals surface area contributed by atoms with E-state index in [1.165, 1.54) is 32.1 Å². The van der Waals surface area contributed by atoms with Gasteiger partial charge in [-0.15, -0.1) is 0 Å². The first kappa shape index (κ1) is 11.3. The Bertz CT molecular complexity index is 242. The van der Waals surface area contributed by atoms with Gasteiger partial charge >= 0.3 is 0 Å². The van der Waals surface area contributed by atoms with E-state index in [0.29, 0.717) is 0 Å². The molecular weight excluding hydrogens is 206 g/mol. The van der Waals surface area contributed by atoms with E-state index in [1.807, 2.05) is 11.8 Å². The van der Waals surface area contributed by atoms with Crippen LogP contribution in [0.2, 0.25) is 0 Å². The Morgan fingerprint density at radius 3 is 2.60 bits per heavy atom. The Morgan fingerprint density at radius 1 is 1.27 bits per heavy atom. The number of fused-ring (bicyclic) bond motifs is 1. The van der Waals surface area contributed by atoms with Crippen molar-refractivity contribution in [1.29, 1.82) is 0 Å². The minimum atomic E-state index is -0.134. The third-order valence-electron chi connectivity index (χ3n) is 3.96. The molecule has 1 heterocycles. The summed E-state index contributed by atoms with van der Waals surface area (Å²) in [6, 6.07) is 0. The van der Waals surface area contributed by atoms with Gasteiger partial charge in [-0.3, -0.25) is 4.79 Å². The lowest BCUT2D eigenvalue weighted by molar-refractivity contribution is -0.133. The molecule has 3 heteroatoms. The van der Waals surface area contributed by atoms with Gasteiger partial charge in [0.15, 0.2) is 0 Å². The summed E-state index contributed by atoms with van der Waals surface area (Å²) in [5, 5.41) is -0.134. The average Bonchev–Trinajstić information content (AvgIpc) is 2.27. The fourth-order valence-corrected chi connectivity index (χ4v) is 3.23. The Hall–Kier alpha value is -0.180. The van der Waals surface area contributed by atoms with Crippen LogP contribution in [0.15, 0.2) is 0 Å². The molecule has 0 N–H and O–H groups in total. The van der Waals surface area contributed by atoms with Crippen LogP contribution in [0.4, 0.5) is 0 Å². The standard InChI is InChI=1S/C12H21NOS/c1-9(15)12(14)13-7-6-10-4-2-3-5-11(10)8-13/h9-11,15H,2-8H2,1H3. The molecule has 15 heavy (non-hydrogen) atoms. The van der Waals surface area contributed by atoms with Crippen LogP contribution in [0.5, 0.6) is 0 Å². The highest BCUT2D eigenvalue weighted by Gasteiger charge is 2.33. The number of carbonyl (C=O) groups excluding carboxylic acids is 1. The molecule has 0 aromatic carbocycles. The monoisotopic (exact) mass is 227 g/mol. The van der Waals surface area contributed by atoms with Gasteiger partial charge < -0.3 is 4.90 Å². The van der Waals surface area contributed by atoms with Crippen LogP contribution in [0.25, 0.3) is 0 Å². The Morgan fingerprint density at radius 2 is 1.93 bits per heavy atom. The van der Waals surface area contributed by atoms with Crippen LogP contribution in [-0.4, -0.2) is 29.1 Å². The van der Waals surface area contributed by atoms with Gasteiger partial charge in [0, 0.05) is 13.1 Å². The molecule has 2 aliphatic rings. The first-order chi connectivity index (χ1) is 7.18. The van der Waals surface area contributed by atoms with Crippen LogP contribution in [0, 0.1) is 11.8 Å². The molecule has 2 rings (SSSR count). The second-order valence-corrected chi connectivity index (χ2v) is 5.83. The number of hydrogen-bond acceptors (Lipinski definition) is 2. The minimum absolute atomic E-state index is 0.134. The normalized spacial score (nSPS) is 33.3. The topological polar surface area (TPSA) is 20.3 Å². The molecule has 0 aromatic heterocycles. The van der Waals surface area contributed by atoms with E-state index in [0.717, 1.165) is 24.9 Å². The molecule has 2 nitrogen and oxygen atoms in total. The van der Waals surface area contributed by atoms with Gasteiger partial charge in [0.2, 0.25) is 5.91 Å². The lowest BCUT2D eigenvalue weighted by Gasteiger charge is -2.41. The number of thiol groups is 1. The number of nitrogens with zero attached hydrogens (tertiary/aromatic N) is 1. The summed E-state index contributed by atoms with van der Waals surface area (Å²) in [6.07, 6.45) is 6.70. The highest BCUT2D eigenvalue weighted by molar-refractivity contribution is 7.81. The van der Waals surface area contributed by atoms with Crippen molar-refractivity contribution in [2.45, 2.75) is 44.3 Å². The Labute approximate surface area is 97.8 Å². The van der Waals surface area contributed by atoms with Crippen LogP contribution < -0.4 is 0 Å². The van der Waals surface area contributed by atoms with E-state index >= 15 is 0 Å². The zero-order chi connectivity index (χ0) is 10.8. The van der Waals surface area contributed by atoms with Crippen molar-refractivity contribution in [3.05, 3.63) is 0 Å². The molecule has 3 atom stereocenters. The predicted octanol–water partition coefficient (Wildman–Crippen LogP) is 2.34. The zero-order valence-electron chi connectivity index (χ0n) is 9.48. The van der Waals surface area contributed by atoms with Gasteiger partial charge in [0.1, 0.15) is 0 Å². The fraction of sp³-hybridized carbons (Fsp3) is 0.917. The van der Waals surface area contributed by atoms with Gasteiger partial charge in [-0.2, -0.15) is 12.6 Å². The third kappa shape index (κ3) is 2.49. The van der Waals surface area contributed by atoms with Gasteiger partial charge in [0.25, 0.3) is 0 Å². The summed E-state index contributed by atoms with van der Waals surface area (Å²) >= 11 is 4.23. The van der Waals surface area contributed by atoms with Crippen LogP contribution >= 0.6 is 12.6 Å². The van der Waals surface area contributed by atoms with E-state index in [2.05, 4.69) is 12.6 Å². The number of amides is 1. The van der Waals surface area contributed by atoms with Crippen molar-refractivity contribution >= 4 is 18.5 Å². The maximum Gasteiger partial charge on any atom is 0.235 e. The fourth-order valence-electron chi connectivity index (χ4n) is 3.07. The molecule has 3 unspecified atom stereocenters. The average molecular weight is 227 g/mol. The predicted molar refractivity (Wildman–Crippen MR) is 65.1 cm³/mol. The van der Waals surface area contributed by atoms with Crippen molar-refractivity contribution < 1.29 is 4.79 Å². The molecule has 1 aliphatic heterocycles. The van der Waals surface area contributed by atoms with Crippen LogP contribution in [0.3, 0.4) is 0 Å². The van der Waals surface area contributed by atoms with Crippen molar-refractivity contribution in [3.8, 4) is 0 Å². The first-order valence-corrected chi connectivity index (χ1v) is 6.67. The second-order valence-electron chi connectivity index (χ2n) is 5.05. The highest BCUT2D eigenvalue weighted by Crippen LogP contribution is 2.36. The Kier molecular flexibility index (Phi) is 3.60. The minimum Gasteiger partial charge on any atom is -0.341 e. The molecule has 1 saturated heterocycles. The second kappa shape index (κ2) is 4.77. The van der Waals surface area contributed by atoms with E-state index < -0.39 is 0 Å². The van der Waals surface area contributed by atoms with Crippen molar-refractivity contribution in [3.63, 3.8) is 0 Å². The summed E-state index contributed by atoms with van der Waals surface area (Å²) in [7, 11) is 0. The van der Waals surface area contributed by atoms with Crippen molar-refractivity contribution in [1.82, 2.24) is 4.90 Å².